The van der Waals surface area contributed by atoms with Gasteiger partial charge >= 0.3 is 0 Å². The van der Waals surface area contributed by atoms with E-state index in [0.717, 1.165) is 13.0 Å². The molecule has 2 heterocycles. The largest absolute Gasteiger partial charge is 0.378 e. The van der Waals surface area contributed by atoms with Crippen molar-refractivity contribution in [3.05, 3.63) is 29.6 Å². The highest BCUT2D eigenvalue weighted by molar-refractivity contribution is 5.92. The van der Waals surface area contributed by atoms with E-state index < -0.39 is 0 Å². The average Bonchev–Trinajstić information content (AvgIpc) is 2.93. The van der Waals surface area contributed by atoms with Crippen molar-refractivity contribution >= 4 is 5.91 Å². The number of amides is 1. The second-order valence-electron chi connectivity index (χ2n) is 5.38. The zero-order valence-electron chi connectivity index (χ0n) is 11.8. The zero-order chi connectivity index (χ0) is 14.5. The third kappa shape index (κ3) is 3.34. The fourth-order valence-corrected chi connectivity index (χ4v) is 2.52. The van der Waals surface area contributed by atoms with Gasteiger partial charge in [-0.3, -0.25) is 4.79 Å². The standard InChI is InChI=1S/C15H19N3O2/c1-10(2)14-12(5-6-20-14)9-18-15(19)13-4-3-11(7-16)8-17-13/h3-4,8,10,12,14H,5-6,9H2,1-2H3,(H,18,19)/t12-,14-/m1/s1. The molecule has 0 aromatic carbocycles. The van der Waals surface area contributed by atoms with Gasteiger partial charge in [0.15, 0.2) is 0 Å². The Morgan fingerprint density at radius 1 is 1.60 bits per heavy atom. The minimum absolute atomic E-state index is 0.205. The fraction of sp³-hybridized carbons (Fsp3) is 0.533. The molecule has 20 heavy (non-hydrogen) atoms. The first-order valence-electron chi connectivity index (χ1n) is 6.87. The SMILES string of the molecule is CC(C)[C@H]1OCC[C@@H]1CNC(=O)c1ccc(C#N)cn1. The highest BCUT2D eigenvalue weighted by atomic mass is 16.5. The molecule has 0 radical (unpaired) electrons. The fourth-order valence-electron chi connectivity index (χ4n) is 2.52. The van der Waals surface area contributed by atoms with Crippen molar-refractivity contribution in [1.82, 2.24) is 10.3 Å². The maximum absolute atomic E-state index is 12.0. The third-order valence-electron chi connectivity index (χ3n) is 3.57. The summed E-state index contributed by atoms with van der Waals surface area (Å²) in [5.41, 5.74) is 0.787. The van der Waals surface area contributed by atoms with Gasteiger partial charge < -0.3 is 10.1 Å². The van der Waals surface area contributed by atoms with Crippen LogP contribution < -0.4 is 5.32 Å². The van der Waals surface area contributed by atoms with Crippen molar-refractivity contribution in [1.29, 1.82) is 5.26 Å². The molecule has 0 unspecified atom stereocenters. The number of ether oxygens (including phenoxy) is 1. The Morgan fingerprint density at radius 3 is 3.00 bits per heavy atom. The Labute approximate surface area is 119 Å². The summed E-state index contributed by atoms with van der Waals surface area (Å²) < 4.78 is 5.69. The van der Waals surface area contributed by atoms with Crippen molar-refractivity contribution in [2.75, 3.05) is 13.2 Å². The average molecular weight is 273 g/mol. The number of hydrogen-bond donors (Lipinski definition) is 1. The predicted molar refractivity (Wildman–Crippen MR) is 74.0 cm³/mol. The van der Waals surface area contributed by atoms with E-state index in [9.17, 15) is 4.79 Å². The Morgan fingerprint density at radius 2 is 2.40 bits per heavy atom. The van der Waals surface area contributed by atoms with Gasteiger partial charge in [0.05, 0.1) is 11.7 Å². The number of nitrogens with zero attached hydrogens (tertiary/aromatic N) is 2. The first kappa shape index (κ1) is 14.5. The Balaban J connectivity index is 1.90. The van der Waals surface area contributed by atoms with Crippen molar-refractivity contribution in [3.63, 3.8) is 0 Å². The van der Waals surface area contributed by atoms with E-state index in [2.05, 4.69) is 24.1 Å². The van der Waals surface area contributed by atoms with Gasteiger partial charge in [-0.25, -0.2) is 4.98 Å². The van der Waals surface area contributed by atoms with Gasteiger partial charge in [-0.2, -0.15) is 5.26 Å². The van der Waals surface area contributed by atoms with Gasteiger partial charge in [0.1, 0.15) is 11.8 Å². The van der Waals surface area contributed by atoms with Gasteiger partial charge in [0, 0.05) is 25.3 Å². The maximum Gasteiger partial charge on any atom is 0.269 e. The lowest BCUT2D eigenvalue weighted by molar-refractivity contribution is 0.0533. The van der Waals surface area contributed by atoms with E-state index in [-0.39, 0.29) is 12.0 Å². The van der Waals surface area contributed by atoms with Crippen LogP contribution in [0.25, 0.3) is 0 Å². The maximum atomic E-state index is 12.0. The van der Waals surface area contributed by atoms with Gasteiger partial charge in [-0.05, 0) is 24.5 Å². The molecule has 0 spiro atoms. The molecule has 0 saturated carbocycles. The molecule has 1 amide bonds. The van der Waals surface area contributed by atoms with E-state index in [4.69, 9.17) is 10.00 Å². The topological polar surface area (TPSA) is 75.0 Å². The van der Waals surface area contributed by atoms with Gasteiger partial charge in [-0.15, -0.1) is 0 Å². The number of rotatable bonds is 4. The second-order valence-corrected chi connectivity index (χ2v) is 5.38. The molecule has 5 heteroatoms. The molecule has 0 bridgehead atoms. The molecule has 2 atom stereocenters. The highest BCUT2D eigenvalue weighted by Crippen LogP contribution is 2.26. The van der Waals surface area contributed by atoms with E-state index in [1.54, 1.807) is 12.1 Å². The van der Waals surface area contributed by atoms with Crippen LogP contribution in [0.15, 0.2) is 18.3 Å². The van der Waals surface area contributed by atoms with Crippen molar-refractivity contribution < 1.29 is 9.53 Å². The molecule has 1 aromatic heterocycles. The van der Waals surface area contributed by atoms with E-state index in [0.29, 0.717) is 29.6 Å². The van der Waals surface area contributed by atoms with Crippen LogP contribution in [-0.4, -0.2) is 30.1 Å². The van der Waals surface area contributed by atoms with Crippen LogP contribution in [0.3, 0.4) is 0 Å². The molecule has 1 aliphatic rings. The van der Waals surface area contributed by atoms with E-state index in [1.165, 1.54) is 6.20 Å². The lowest BCUT2D eigenvalue weighted by Gasteiger charge is -2.22. The number of nitrogens with one attached hydrogen (secondary N) is 1. The molecular formula is C15H19N3O2. The van der Waals surface area contributed by atoms with E-state index >= 15 is 0 Å². The van der Waals surface area contributed by atoms with Gasteiger partial charge in [0.2, 0.25) is 0 Å². The molecule has 1 saturated heterocycles. The summed E-state index contributed by atoms with van der Waals surface area (Å²) in [6.45, 7) is 5.63. The molecular weight excluding hydrogens is 254 g/mol. The summed E-state index contributed by atoms with van der Waals surface area (Å²) >= 11 is 0. The summed E-state index contributed by atoms with van der Waals surface area (Å²) in [4.78, 5) is 16.0. The molecule has 2 rings (SSSR count). The number of carbonyl (C=O) groups excluding carboxylic acids is 1. The lowest BCUT2D eigenvalue weighted by atomic mass is 9.93. The van der Waals surface area contributed by atoms with Crippen LogP contribution >= 0.6 is 0 Å². The minimum atomic E-state index is -0.205. The van der Waals surface area contributed by atoms with Crippen LogP contribution in [0.4, 0.5) is 0 Å². The zero-order valence-corrected chi connectivity index (χ0v) is 11.8. The lowest BCUT2D eigenvalue weighted by Crippen LogP contribution is -2.35. The number of nitriles is 1. The molecule has 1 aromatic rings. The van der Waals surface area contributed by atoms with Gasteiger partial charge in [-0.1, -0.05) is 13.8 Å². The first-order valence-corrected chi connectivity index (χ1v) is 6.87. The normalized spacial score (nSPS) is 21.7. The summed E-state index contributed by atoms with van der Waals surface area (Å²) in [5, 5.41) is 11.6. The second kappa shape index (κ2) is 6.49. The Bertz CT molecular complexity index is 505. The summed E-state index contributed by atoms with van der Waals surface area (Å²) in [7, 11) is 0. The first-order chi connectivity index (χ1) is 9.61. The van der Waals surface area contributed by atoms with Gasteiger partial charge in [0.25, 0.3) is 5.91 Å². The minimum Gasteiger partial charge on any atom is -0.378 e. The molecule has 106 valence electrons. The summed E-state index contributed by atoms with van der Waals surface area (Å²) in [5.74, 6) is 0.605. The quantitative estimate of drug-likeness (QED) is 0.906. The number of hydrogen-bond acceptors (Lipinski definition) is 4. The number of carbonyl (C=O) groups is 1. The van der Waals surface area contributed by atoms with E-state index in [1.807, 2.05) is 6.07 Å². The molecule has 1 fully saturated rings. The van der Waals surface area contributed by atoms with Crippen molar-refractivity contribution in [2.24, 2.45) is 11.8 Å². The molecule has 5 nitrogen and oxygen atoms in total. The van der Waals surface area contributed by atoms with Crippen LogP contribution in [0.5, 0.6) is 0 Å². The molecule has 1 aliphatic heterocycles. The van der Waals surface area contributed by atoms with Crippen LogP contribution in [0.2, 0.25) is 0 Å². The van der Waals surface area contributed by atoms with Crippen LogP contribution in [0, 0.1) is 23.2 Å². The van der Waals surface area contributed by atoms with Crippen molar-refractivity contribution in [3.8, 4) is 6.07 Å². The molecule has 0 aliphatic carbocycles. The number of pyridine rings is 1. The third-order valence-corrected chi connectivity index (χ3v) is 3.57. The monoisotopic (exact) mass is 273 g/mol. The highest BCUT2D eigenvalue weighted by Gasteiger charge is 2.30. The predicted octanol–water partition coefficient (Wildman–Crippen LogP) is 1.74. The Hall–Kier alpha value is -1.93. The smallest absolute Gasteiger partial charge is 0.269 e. The summed E-state index contributed by atoms with van der Waals surface area (Å²) in [6.07, 6.45) is 2.60. The Kier molecular flexibility index (Phi) is 4.70. The van der Waals surface area contributed by atoms with Crippen LogP contribution in [-0.2, 0) is 4.74 Å². The van der Waals surface area contributed by atoms with Crippen LogP contribution in [0.1, 0.15) is 36.3 Å². The van der Waals surface area contributed by atoms with Crippen molar-refractivity contribution in [2.45, 2.75) is 26.4 Å². The summed E-state index contributed by atoms with van der Waals surface area (Å²) in [6, 6.07) is 5.14. The molecule has 1 N–H and O–H groups in total. The number of aromatic nitrogens is 1.